The van der Waals surface area contributed by atoms with E-state index in [1.54, 1.807) is 35.2 Å². The van der Waals surface area contributed by atoms with Crippen LogP contribution in [0, 0.1) is 0 Å². The van der Waals surface area contributed by atoms with Gasteiger partial charge >= 0.3 is 5.97 Å². The summed E-state index contributed by atoms with van der Waals surface area (Å²) in [5, 5.41) is 11.1. The minimum Gasteiger partial charge on any atom is -0.505 e. The van der Waals surface area contributed by atoms with Gasteiger partial charge in [0.25, 0.3) is 5.56 Å². The number of pyridine rings is 3. The Kier molecular flexibility index (Phi) is 5.26. The van der Waals surface area contributed by atoms with Crippen molar-refractivity contribution in [3.05, 3.63) is 88.7 Å². The summed E-state index contributed by atoms with van der Waals surface area (Å²) in [5.41, 5.74) is 2.09. The summed E-state index contributed by atoms with van der Waals surface area (Å²) in [6, 6.07) is 14.9. The van der Waals surface area contributed by atoms with E-state index in [0.717, 1.165) is 5.56 Å². The minimum atomic E-state index is -0.751. The van der Waals surface area contributed by atoms with E-state index in [0.29, 0.717) is 35.0 Å². The number of nitrogens with zero attached hydrogens (tertiary/aromatic N) is 3. The molecule has 1 aromatic carbocycles. The first-order valence-electron chi connectivity index (χ1n) is 9.38. The molecular formula is C23H19N3O4. The molecule has 7 nitrogen and oxygen atoms in total. The van der Waals surface area contributed by atoms with E-state index in [-0.39, 0.29) is 17.0 Å². The van der Waals surface area contributed by atoms with Crippen molar-refractivity contribution in [2.24, 2.45) is 0 Å². The predicted molar refractivity (Wildman–Crippen MR) is 112 cm³/mol. The zero-order valence-electron chi connectivity index (χ0n) is 16.3. The number of carbonyl (C=O) groups excluding carboxylic acids is 1. The third kappa shape index (κ3) is 3.53. The van der Waals surface area contributed by atoms with Crippen LogP contribution in [0.3, 0.4) is 0 Å². The van der Waals surface area contributed by atoms with Crippen LogP contribution < -0.4 is 5.56 Å². The maximum Gasteiger partial charge on any atom is 0.360 e. The highest BCUT2D eigenvalue weighted by atomic mass is 16.5. The number of hydrogen-bond donors (Lipinski definition) is 1. The number of aromatic nitrogens is 3. The molecule has 0 saturated carbocycles. The third-order valence-electron chi connectivity index (χ3n) is 4.94. The summed E-state index contributed by atoms with van der Waals surface area (Å²) < 4.78 is 6.27. The van der Waals surface area contributed by atoms with Gasteiger partial charge in [0.2, 0.25) is 0 Å². The van der Waals surface area contributed by atoms with Crippen LogP contribution in [0.5, 0.6) is 5.75 Å². The fraction of sp³-hybridized carbons (Fsp3) is 0.130. The van der Waals surface area contributed by atoms with Gasteiger partial charge in [-0.2, -0.15) is 0 Å². The van der Waals surface area contributed by atoms with Crippen LogP contribution in [0.1, 0.15) is 16.1 Å². The van der Waals surface area contributed by atoms with Crippen molar-refractivity contribution >= 4 is 16.9 Å². The van der Waals surface area contributed by atoms with Crippen molar-refractivity contribution in [3.63, 3.8) is 0 Å². The third-order valence-corrected chi connectivity index (χ3v) is 4.94. The first-order valence-corrected chi connectivity index (χ1v) is 9.38. The molecule has 4 aromatic rings. The van der Waals surface area contributed by atoms with Crippen molar-refractivity contribution in [1.29, 1.82) is 0 Å². The van der Waals surface area contributed by atoms with Crippen molar-refractivity contribution in [2.75, 3.05) is 7.11 Å². The van der Waals surface area contributed by atoms with Crippen molar-refractivity contribution in [2.45, 2.75) is 13.0 Å². The molecule has 0 unspecified atom stereocenters. The number of esters is 1. The van der Waals surface area contributed by atoms with Crippen molar-refractivity contribution in [1.82, 2.24) is 14.5 Å². The van der Waals surface area contributed by atoms with Crippen LogP contribution in [0.2, 0.25) is 0 Å². The standard InChI is InChI=1S/C23H19N3O4/c1-30-23(29)20-21(27)18-12-17(16-8-5-10-24-13-16)22(28)26(19(18)14-25-20)11-9-15-6-3-2-4-7-15/h2-8,10,12-14,27H,9,11H2,1H3. The number of aromatic hydroxyl groups is 1. The molecular weight excluding hydrogens is 382 g/mol. The van der Waals surface area contributed by atoms with Crippen molar-refractivity contribution < 1.29 is 14.6 Å². The fourth-order valence-corrected chi connectivity index (χ4v) is 3.41. The van der Waals surface area contributed by atoms with Gasteiger partial charge in [0.15, 0.2) is 11.4 Å². The monoisotopic (exact) mass is 401 g/mol. The minimum absolute atomic E-state index is 0.199. The molecule has 0 aliphatic heterocycles. The molecule has 0 spiro atoms. The molecule has 4 rings (SSSR count). The normalized spacial score (nSPS) is 10.8. The van der Waals surface area contributed by atoms with Crippen LogP contribution in [-0.2, 0) is 17.7 Å². The highest BCUT2D eigenvalue weighted by Gasteiger charge is 2.20. The zero-order chi connectivity index (χ0) is 21.1. The number of benzene rings is 1. The van der Waals surface area contributed by atoms with E-state index < -0.39 is 5.97 Å². The molecule has 7 heteroatoms. The molecule has 3 heterocycles. The first-order chi connectivity index (χ1) is 14.6. The molecule has 0 radical (unpaired) electrons. The number of rotatable bonds is 5. The van der Waals surface area contributed by atoms with Crippen LogP contribution in [-0.4, -0.2) is 32.7 Å². The summed E-state index contributed by atoms with van der Waals surface area (Å²) in [6.45, 7) is 0.381. The molecule has 0 saturated heterocycles. The van der Waals surface area contributed by atoms with E-state index >= 15 is 0 Å². The topological polar surface area (TPSA) is 94.3 Å². The lowest BCUT2D eigenvalue weighted by Crippen LogP contribution is -2.23. The van der Waals surface area contributed by atoms with Gasteiger partial charge in [0, 0.05) is 35.5 Å². The summed E-state index contributed by atoms with van der Waals surface area (Å²) >= 11 is 0. The van der Waals surface area contributed by atoms with Gasteiger partial charge in [0.1, 0.15) is 0 Å². The second-order valence-electron chi connectivity index (χ2n) is 6.74. The smallest absolute Gasteiger partial charge is 0.360 e. The molecule has 0 aliphatic rings. The van der Waals surface area contributed by atoms with E-state index in [9.17, 15) is 14.7 Å². The van der Waals surface area contributed by atoms with Gasteiger partial charge in [-0.15, -0.1) is 0 Å². The molecule has 0 atom stereocenters. The van der Waals surface area contributed by atoms with Crippen LogP contribution in [0.25, 0.3) is 22.0 Å². The summed E-state index contributed by atoms with van der Waals surface area (Å²) in [6.07, 6.45) is 5.24. The average Bonchev–Trinajstić information content (AvgIpc) is 2.79. The highest BCUT2D eigenvalue weighted by Crippen LogP contribution is 2.30. The Morgan fingerprint density at radius 3 is 2.63 bits per heavy atom. The summed E-state index contributed by atoms with van der Waals surface area (Å²) in [7, 11) is 1.22. The van der Waals surface area contributed by atoms with E-state index in [1.807, 2.05) is 30.3 Å². The van der Waals surface area contributed by atoms with E-state index in [2.05, 4.69) is 9.97 Å². The Morgan fingerprint density at radius 2 is 1.93 bits per heavy atom. The largest absolute Gasteiger partial charge is 0.505 e. The molecule has 3 aromatic heterocycles. The maximum absolute atomic E-state index is 13.3. The molecule has 0 fully saturated rings. The molecule has 150 valence electrons. The second kappa shape index (κ2) is 8.16. The van der Waals surface area contributed by atoms with Gasteiger partial charge in [-0.25, -0.2) is 9.78 Å². The van der Waals surface area contributed by atoms with E-state index in [4.69, 9.17) is 4.74 Å². The SMILES string of the molecule is COC(=O)c1ncc2c(cc(-c3cccnc3)c(=O)n2CCc2ccccc2)c1O. The number of carbonyl (C=O) groups is 1. The first kappa shape index (κ1) is 19.3. The number of fused-ring (bicyclic) bond motifs is 1. The van der Waals surface area contributed by atoms with Gasteiger partial charge < -0.3 is 14.4 Å². The number of aryl methyl sites for hydroxylation is 2. The van der Waals surface area contributed by atoms with Crippen LogP contribution in [0.15, 0.2) is 71.9 Å². The summed E-state index contributed by atoms with van der Waals surface area (Å²) in [5.74, 6) is -1.07. The van der Waals surface area contributed by atoms with Crippen LogP contribution >= 0.6 is 0 Å². The molecule has 0 bridgehead atoms. The summed E-state index contributed by atoms with van der Waals surface area (Å²) in [4.78, 5) is 33.4. The van der Waals surface area contributed by atoms with Gasteiger partial charge in [-0.1, -0.05) is 36.4 Å². The number of hydrogen-bond acceptors (Lipinski definition) is 6. The lowest BCUT2D eigenvalue weighted by Gasteiger charge is -2.15. The Labute approximate surface area is 172 Å². The van der Waals surface area contributed by atoms with Gasteiger partial charge in [-0.05, 0) is 24.1 Å². The lowest BCUT2D eigenvalue weighted by atomic mass is 10.1. The highest BCUT2D eigenvalue weighted by molar-refractivity contribution is 5.99. The van der Waals surface area contributed by atoms with E-state index in [1.165, 1.54) is 13.3 Å². The second-order valence-corrected chi connectivity index (χ2v) is 6.74. The fourth-order valence-electron chi connectivity index (χ4n) is 3.41. The zero-order valence-corrected chi connectivity index (χ0v) is 16.3. The quantitative estimate of drug-likeness (QED) is 0.516. The Balaban J connectivity index is 1.93. The Bertz CT molecular complexity index is 1270. The average molecular weight is 401 g/mol. The van der Waals surface area contributed by atoms with Crippen LogP contribution in [0.4, 0.5) is 0 Å². The lowest BCUT2D eigenvalue weighted by molar-refractivity contribution is 0.0591. The Hall–Kier alpha value is -4.00. The van der Waals surface area contributed by atoms with Gasteiger partial charge in [-0.3, -0.25) is 9.78 Å². The Morgan fingerprint density at radius 1 is 1.13 bits per heavy atom. The molecule has 30 heavy (non-hydrogen) atoms. The number of ether oxygens (including phenoxy) is 1. The van der Waals surface area contributed by atoms with Crippen molar-refractivity contribution in [3.8, 4) is 16.9 Å². The maximum atomic E-state index is 13.3. The van der Waals surface area contributed by atoms with Gasteiger partial charge in [0.05, 0.1) is 18.8 Å². The molecule has 0 amide bonds. The molecule has 1 N–H and O–H groups in total. The predicted octanol–water partition coefficient (Wildman–Crippen LogP) is 3.19. The molecule has 0 aliphatic carbocycles. The number of methoxy groups -OCH3 is 1.